The lowest BCUT2D eigenvalue weighted by atomic mass is 9.87. The average Bonchev–Trinajstić information content (AvgIpc) is 2.18. The minimum Gasteiger partial charge on any atom is -0.444 e. The van der Waals surface area contributed by atoms with E-state index in [1.165, 1.54) is 0 Å². The molecule has 5 nitrogen and oxygen atoms in total. The lowest BCUT2D eigenvalue weighted by Gasteiger charge is -2.34. The molecule has 1 rings (SSSR count). The van der Waals surface area contributed by atoms with Gasteiger partial charge in [0.05, 0.1) is 13.1 Å². The van der Waals surface area contributed by atoms with Crippen molar-refractivity contribution in [3.05, 3.63) is 0 Å². The Bertz CT molecular complexity index is 313. The molecule has 7 heteroatoms. The summed E-state index contributed by atoms with van der Waals surface area (Å²) < 4.78 is 31.8. The Hall–Kier alpha value is -0.950. The van der Waals surface area contributed by atoms with Crippen molar-refractivity contribution in [3.8, 4) is 0 Å². The van der Waals surface area contributed by atoms with Gasteiger partial charge in [-0.25, -0.2) is 13.6 Å². The van der Waals surface area contributed by atoms with Gasteiger partial charge in [0.25, 0.3) is 5.92 Å². The van der Waals surface area contributed by atoms with Crippen LogP contribution in [0.15, 0.2) is 0 Å². The SMILES string of the molecule is CC(C)(C)OC(=O)NCC(F)(F)CNC1CC(N)C1. The van der Waals surface area contributed by atoms with E-state index in [9.17, 15) is 13.6 Å². The van der Waals surface area contributed by atoms with Crippen LogP contribution in [0.5, 0.6) is 0 Å². The van der Waals surface area contributed by atoms with Crippen molar-refractivity contribution in [2.24, 2.45) is 5.73 Å². The van der Waals surface area contributed by atoms with Gasteiger partial charge in [0, 0.05) is 12.1 Å². The van der Waals surface area contributed by atoms with E-state index in [0.717, 1.165) is 12.8 Å². The van der Waals surface area contributed by atoms with Crippen LogP contribution < -0.4 is 16.4 Å². The normalized spacial score (nSPS) is 23.7. The first-order chi connectivity index (χ1) is 8.57. The van der Waals surface area contributed by atoms with E-state index in [1.807, 2.05) is 0 Å². The number of hydrogen-bond acceptors (Lipinski definition) is 4. The predicted molar refractivity (Wildman–Crippen MR) is 68.2 cm³/mol. The minimum atomic E-state index is -3.00. The van der Waals surface area contributed by atoms with Gasteiger partial charge in [-0.2, -0.15) is 0 Å². The molecule has 0 heterocycles. The molecule has 112 valence electrons. The van der Waals surface area contributed by atoms with Gasteiger partial charge in [0.1, 0.15) is 5.60 Å². The summed E-state index contributed by atoms with van der Waals surface area (Å²) in [5.74, 6) is -3.00. The van der Waals surface area contributed by atoms with Crippen LogP contribution in [0.2, 0.25) is 0 Å². The molecule has 1 fully saturated rings. The van der Waals surface area contributed by atoms with E-state index in [2.05, 4.69) is 10.6 Å². The number of carbonyl (C=O) groups excluding carboxylic acids is 1. The molecule has 19 heavy (non-hydrogen) atoms. The molecule has 1 amide bonds. The first-order valence-corrected chi connectivity index (χ1v) is 6.41. The summed E-state index contributed by atoms with van der Waals surface area (Å²) in [6.45, 7) is 3.80. The summed E-state index contributed by atoms with van der Waals surface area (Å²) >= 11 is 0. The topological polar surface area (TPSA) is 76.4 Å². The summed E-state index contributed by atoms with van der Waals surface area (Å²) in [5.41, 5.74) is 4.87. The Kier molecular flexibility index (Phi) is 5.09. The molecule has 0 radical (unpaired) electrons. The van der Waals surface area contributed by atoms with E-state index in [0.29, 0.717) is 0 Å². The van der Waals surface area contributed by atoms with Crippen LogP contribution >= 0.6 is 0 Å². The molecule has 1 aliphatic rings. The molecule has 1 saturated carbocycles. The summed E-state index contributed by atoms with van der Waals surface area (Å²) in [6.07, 6.45) is 0.600. The predicted octanol–water partition coefficient (Wildman–Crippen LogP) is 1.23. The smallest absolute Gasteiger partial charge is 0.407 e. The molecule has 0 atom stereocenters. The number of nitrogens with one attached hydrogen (secondary N) is 2. The van der Waals surface area contributed by atoms with Crippen molar-refractivity contribution in [1.82, 2.24) is 10.6 Å². The van der Waals surface area contributed by atoms with Gasteiger partial charge in [0.2, 0.25) is 0 Å². The zero-order valence-electron chi connectivity index (χ0n) is 11.6. The number of amides is 1. The average molecular weight is 279 g/mol. The van der Waals surface area contributed by atoms with Crippen molar-refractivity contribution in [1.29, 1.82) is 0 Å². The number of rotatable bonds is 5. The molecule has 0 spiro atoms. The van der Waals surface area contributed by atoms with E-state index in [4.69, 9.17) is 10.5 Å². The van der Waals surface area contributed by atoms with Crippen LogP contribution in [0.4, 0.5) is 13.6 Å². The standard InChI is InChI=1S/C12H23F2N3O2/c1-11(2,3)19-10(18)17-7-12(13,14)6-16-9-4-8(15)5-9/h8-9,16H,4-7,15H2,1-3H3,(H,17,18). The minimum absolute atomic E-state index is 0.0578. The maximum Gasteiger partial charge on any atom is 0.407 e. The Balaban J connectivity index is 2.20. The second-order valence-electron chi connectivity index (χ2n) is 6.02. The summed E-state index contributed by atoms with van der Waals surface area (Å²) in [6, 6.07) is 0.174. The van der Waals surface area contributed by atoms with E-state index >= 15 is 0 Å². The van der Waals surface area contributed by atoms with Crippen LogP contribution in [0, 0.1) is 0 Å². The number of alkyl halides is 2. The number of ether oxygens (including phenoxy) is 1. The zero-order valence-corrected chi connectivity index (χ0v) is 11.6. The molecular weight excluding hydrogens is 256 g/mol. The molecule has 0 saturated heterocycles. The highest BCUT2D eigenvalue weighted by atomic mass is 19.3. The Morgan fingerprint density at radius 2 is 1.89 bits per heavy atom. The molecule has 0 aromatic heterocycles. The van der Waals surface area contributed by atoms with Crippen molar-refractivity contribution in [2.75, 3.05) is 13.1 Å². The second-order valence-corrected chi connectivity index (χ2v) is 6.02. The maximum atomic E-state index is 13.5. The molecule has 0 aromatic rings. The van der Waals surface area contributed by atoms with Gasteiger partial charge in [0.15, 0.2) is 0 Å². The van der Waals surface area contributed by atoms with Gasteiger partial charge in [-0.1, -0.05) is 0 Å². The highest BCUT2D eigenvalue weighted by molar-refractivity contribution is 5.67. The van der Waals surface area contributed by atoms with Crippen molar-refractivity contribution in [3.63, 3.8) is 0 Å². The number of alkyl carbamates (subject to hydrolysis) is 1. The highest BCUT2D eigenvalue weighted by Crippen LogP contribution is 2.19. The Morgan fingerprint density at radius 1 is 1.32 bits per heavy atom. The van der Waals surface area contributed by atoms with Gasteiger partial charge in [-0.3, -0.25) is 0 Å². The van der Waals surface area contributed by atoms with Crippen LogP contribution in [0.3, 0.4) is 0 Å². The molecule has 0 aliphatic heterocycles. The summed E-state index contributed by atoms with van der Waals surface area (Å²) in [5, 5.41) is 4.81. The Morgan fingerprint density at radius 3 is 2.37 bits per heavy atom. The first kappa shape index (κ1) is 16.1. The molecule has 4 N–H and O–H groups in total. The lowest BCUT2D eigenvalue weighted by molar-refractivity contribution is -0.00805. The fourth-order valence-electron chi connectivity index (χ4n) is 1.70. The van der Waals surface area contributed by atoms with Gasteiger partial charge in [-0.15, -0.1) is 0 Å². The summed E-state index contributed by atoms with van der Waals surface area (Å²) in [4.78, 5) is 11.3. The maximum absolute atomic E-state index is 13.5. The van der Waals surface area contributed by atoms with E-state index in [-0.39, 0.29) is 12.1 Å². The van der Waals surface area contributed by atoms with Crippen LogP contribution in [0.25, 0.3) is 0 Å². The van der Waals surface area contributed by atoms with Gasteiger partial charge in [-0.05, 0) is 33.6 Å². The molecule has 0 aromatic carbocycles. The number of carbonyl (C=O) groups is 1. The highest BCUT2D eigenvalue weighted by Gasteiger charge is 2.33. The number of halogens is 2. The van der Waals surface area contributed by atoms with Crippen molar-refractivity contribution < 1.29 is 18.3 Å². The molecule has 0 unspecified atom stereocenters. The quantitative estimate of drug-likeness (QED) is 0.707. The van der Waals surface area contributed by atoms with Crippen LogP contribution in [-0.4, -0.2) is 42.8 Å². The van der Waals surface area contributed by atoms with Crippen LogP contribution in [-0.2, 0) is 4.74 Å². The van der Waals surface area contributed by atoms with Crippen molar-refractivity contribution in [2.45, 2.75) is 57.2 Å². The molecular formula is C12H23F2N3O2. The first-order valence-electron chi connectivity index (χ1n) is 6.41. The fourth-order valence-corrected chi connectivity index (χ4v) is 1.70. The Labute approximate surface area is 112 Å². The third-order valence-electron chi connectivity index (χ3n) is 2.71. The third-order valence-corrected chi connectivity index (χ3v) is 2.71. The molecule has 1 aliphatic carbocycles. The largest absolute Gasteiger partial charge is 0.444 e. The van der Waals surface area contributed by atoms with E-state index < -0.39 is 30.7 Å². The lowest BCUT2D eigenvalue weighted by Crippen LogP contribution is -2.53. The van der Waals surface area contributed by atoms with E-state index in [1.54, 1.807) is 20.8 Å². The zero-order chi connectivity index (χ0) is 14.7. The molecule has 0 bridgehead atoms. The fraction of sp³-hybridized carbons (Fsp3) is 0.917. The third kappa shape index (κ3) is 6.68. The number of nitrogens with two attached hydrogens (primary N) is 1. The van der Waals surface area contributed by atoms with Crippen LogP contribution in [0.1, 0.15) is 33.6 Å². The van der Waals surface area contributed by atoms with Gasteiger partial charge < -0.3 is 21.1 Å². The van der Waals surface area contributed by atoms with Gasteiger partial charge >= 0.3 is 6.09 Å². The second kappa shape index (κ2) is 6.00. The van der Waals surface area contributed by atoms with Crippen molar-refractivity contribution >= 4 is 6.09 Å². The number of hydrogen-bond donors (Lipinski definition) is 3. The summed E-state index contributed by atoms with van der Waals surface area (Å²) in [7, 11) is 0. The monoisotopic (exact) mass is 279 g/mol.